The number of carboxylic acid groups (broad SMARTS) is 1. The van der Waals surface area contributed by atoms with Gasteiger partial charge in [0.2, 0.25) is 0 Å². The zero-order valence-electron chi connectivity index (χ0n) is 15.1. The van der Waals surface area contributed by atoms with Crippen molar-refractivity contribution in [3.8, 4) is 11.1 Å². The Labute approximate surface area is 157 Å². The average molecular weight is 370 g/mol. The fourth-order valence-corrected chi connectivity index (χ4v) is 2.60. The van der Waals surface area contributed by atoms with Gasteiger partial charge in [-0.3, -0.25) is 10.3 Å². The number of methoxy groups -OCH3 is 1. The molecule has 1 heterocycles. The number of rotatable bonds is 6. The van der Waals surface area contributed by atoms with Gasteiger partial charge in [0.05, 0.1) is 18.8 Å². The molecule has 1 aromatic carbocycles. The number of carbonyl (C=O) groups excluding carboxylic acids is 1. The van der Waals surface area contributed by atoms with Crippen molar-refractivity contribution in [1.82, 2.24) is 10.3 Å². The molecule has 0 aliphatic carbocycles. The van der Waals surface area contributed by atoms with Gasteiger partial charge in [-0.15, -0.1) is 6.58 Å². The summed E-state index contributed by atoms with van der Waals surface area (Å²) in [5.41, 5.74) is 9.13. The second kappa shape index (κ2) is 8.70. The third-order valence-corrected chi connectivity index (χ3v) is 4.07. The molecule has 0 fully saturated rings. The minimum atomic E-state index is -1.14. The van der Waals surface area contributed by atoms with Gasteiger partial charge >= 0.3 is 12.2 Å². The average Bonchev–Trinajstić information content (AvgIpc) is 2.65. The Morgan fingerprint density at radius 3 is 2.67 bits per heavy atom. The van der Waals surface area contributed by atoms with Crippen LogP contribution in [0.3, 0.4) is 0 Å². The highest BCUT2D eigenvalue weighted by molar-refractivity contribution is 5.87. The second-order valence-electron chi connectivity index (χ2n) is 5.91. The Morgan fingerprint density at radius 2 is 2.07 bits per heavy atom. The summed E-state index contributed by atoms with van der Waals surface area (Å²) in [6.45, 7) is 5.57. The molecule has 0 saturated heterocycles. The number of nitrogens with zero attached hydrogens (tertiary/aromatic N) is 1. The van der Waals surface area contributed by atoms with Crippen LogP contribution in [0, 0.1) is 5.92 Å². The first kappa shape index (κ1) is 19.8. The number of benzene rings is 1. The smallest absolute Gasteiger partial charge is 0.411 e. The minimum Gasteiger partial charge on any atom is -0.465 e. The molecule has 2 amide bonds. The molecule has 8 heteroatoms. The fourth-order valence-electron chi connectivity index (χ4n) is 2.60. The number of aromatic nitrogens is 1. The molecular formula is C19H22N4O4. The van der Waals surface area contributed by atoms with Crippen molar-refractivity contribution in [2.45, 2.75) is 13.0 Å². The first-order valence-electron chi connectivity index (χ1n) is 8.18. The van der Waals surface area contributed by atoms with Crippen molar-refractivity contribution in [2.75, 3.05) is 18.2 Å². The van der Waals surface area contributed by atoms with Gasteiger partial charge in [-0.2, -0.15) is 0 Å². The van der Waals surface area contributed by atoms with E-state index in [1.54, 1.807) is 42.6 Å². The SMILES string of the molecule is C=CC(C)[C@H](NC(=O)O)c1cc(-c2ccc(NC(=O)OC)cc2N)ccn1. The number of carbonyl (C=O) groups is 2. The molecule has 0 bridgehead atoms. The summed E-state index contributed by atoms with van der Waals surface area (Å²) in [6.07, 6.45) is 1.53. The molecule has 0 aliphatic rings. The minimum absolute atomic E-state index is 0.159. The van der Waals surface area contributed by atoms with E-state index in [2.05, 4.69) is 26.9 Å². The predicted molar refractivity (Wildman–Crippen MR) is 103 cm³/mol. The fraction of sp³-hybridized carbons (Fsp3) is 0.211. The predicted octanol–water partition coefficient (Wildman–Crippen LogP) is 3.64. The van der Waals surface area contributed by atoms with E-state index in [9.17, 15) is 9.59 Å². The number of nitrogens with two attached hydrogens (primary N) is 1. The van der Waals surface area contributed by atoms with Crippen molar-refractivity contribution in [2.24, 2.45) is 5.92 Å². The first-order valence-corrected chi connectivity index (χ1v) is 8.18. The largest absolute Gasteiger partial charge is 0.465 e. The lowest BCUT2D eigenvalue weighted by atomic mass is 9.95. The number of hydrogen-bond donors (Lipinski definition) is 4. The number of anilines is 2. The molecule has 2 rings (SSSR count). The third-order valence-electron chi connectivity index (χ3n) is 4.07. The van der Waals surface area contributed by atoms with E-state index in [-0.39, 0.29) is 5.92 Å². The summed E-state index contributed by atoms with van der Waals surface area (Å²) < 4.78 is 4.55. The third kappa shape index (κ3) is 4.97. The normalized spacial score (nSPS) is 12.5. The van der Waals surface area contributed by atoms with Gasteiger partial charge in [0.1, 0.15) is 0 Å². The number of nitrogens with one attached hydrogen (secondary N) is 2. The molecule has 0 saturated carbocycles. The van der Waals surface area contributed by atoms with Crippen LogP contribution in [0.15, 0.2) is 49.2 Å². The molecule has 1 aromatic heterocycles. The van der Waals surface area contributed by atoms with Gasteiger partial charge in [-0.1, -0.05) is 19.1 Å². The summed E-state index contributed by atoms with van der Waals surface area (Å²) in [5.74, 6) is -0.159. The summed E-state index contributed by atoms with van der Waals surface area (Å²) in [6, 6.07) is 8.09. The molecule has 8 nitrogen and oxygen atoms in total. The number of ether oxygens (including phenoxy) is 1. The lowest BCUT2D eigenvalue weighted by molar-refractivity contribution is 0.186. The van der Waals surface area contributed by atoms with Crippen LogP contribution in [0.4, 0.5) is 21.0 Å². The van der Waals surface area contributed by atoms with Crippen molar-refractivity contribution in [1.29, 1.82) is 0 Å². The van der Waals surface area contributed by atoms with E-state index >= 15 is 0 Å². The maximum absolute atomic E-state index is 11.3. The van der Waals surface area contributed by atoms with Crippen molar-refractivity contribution >= 4 is 23.6 Å². The van der Waals surface area contributed by atoms with Crippen molar-refractivity contribution in [3.05, 3.63) is 54.9 Å². The van der Waals surface area contributed by atoms with Gasteiger partial charge in [-0.25, -0.2) is 9.59 Å². The van der Waals surface area contributed by atoms with E-state index in [4.69, 9.17) is 10.8 Å². The molecule has 27 heavy (non-hydrogen) atoms. The maximum Gasteiger partial charge on any atom is 0.411 e. The van der Waals surface area contributed by atoms with E-state index in [1.165, 1.54) is 7.11 Å². The van der Waals surface area contributed by atoms with Gasteiger partial charge in [0.25, 0.3) is 0 Å². The van der Waals surface area contributed by atoms with Crippen molar-refractivity contribution < 1.29 is 19.4 Å². The maximum atomic E-state index is 11.3. The summed E-state index contributed by atoms with van der Waals surface area (Å²) in [4.78, 5) is 26.7. The molecule has 0 radical (unpaired) electrons. The van der Waals surface area contributed by atoms with Crippen LogP contribution in [0.25, 0.3) is 11.1 Å². The second-order valence-corrected chi connectivity index (χ2v) is 5.91. The molecule has 0 spiro atoms. The van der Waals surface area contributed by atoms with Crippen LogP contribution in [0.5, 0.6) is 0 Å². The summed E-state index contributed by atoms with van der Waals surface area (Å²) >= 11 is 0. The number of nitrogen functional groups attached to an aromatic ring is 1. The van der Waals surface area contributed by atoms with Crippen LogP contribution in [-0.2, 0) is 4.74 Å². The Hall–Kier alpha value is -3.55. The molecule has 1 unspecified atom stereocenters. The monoisotopic (exact) mass is 370 g/mol. The summed E-state index contributed by atoms with van der Waals surface area (Å²) in [7, 11) is 1.28. The van der Waals surface area contributed by atoms with Crippen LogP contribution >= 0.6 is 0 Å². The van der Waals surface area contributed by atoms with E-state index in [1.807, 2.05) is 6.92 Å². The van der Waals surface area contributed by atoms with Crippen LogP contribution in [-0.4, -0.2) is 29.4 Å². The number of pyridine rings is 1. The zero-order valence-corrected chi connectivity index (χ0v) is 15.1. The number of amides is 2. The van der Waals surface area contributed by atoms with Crippen LogP contribution < -0.4 is 16.4 Å². The highest BCUT2D eigenvalue weighted by Crippen LogP contribution is 2.31. The highest BCUT2D eigenvalue weighted by atomic mass is 16.5. The van der Waals surface area contributed by atoms with Gasteiger partial charge in [0, 0.05) is 23.1 Å². The van der Waals surface area contributed by atoms with Gasteiger partial charge in [0.15, 0.2) is 0 Å². The first-order chi connectivity index (χ1) is 12.8. The molecule has 0 aliphatic heterocycles. The Morgan fingerprint density at radius 1 is 1.33 bits per heavy atom. The molecule has 5 N–H and O–H groups in total. The zero-order chi connectivity index (χ0) is 20.0. The Kier molecular flexibility index (Phi) is 6.37. The van der Waals surface area contributed by atoms with Crippen molar-refractivity contribution in [3.63, 3.8) is 0 Å². The highest BCUT2D eigenvalue weighted by Gasteiger charge is 2.21. The molecule has 2 atom stereocenters. The van der Waals surface area contributed by atoms with E-state index in [0.29, 0.717) is 17.1 Å². The topological polar surface area (TPSA) is 127 Å². The van der Waals surface area contributed by atoms with E-state index < -0.39 is 18.2 Å². The molecular weight excluding hydrogens is 348 g/mol. The van der Waals surface area contributed by atoms with Gasteiger partial charge in [-0.05, 0) is 35.7 Å². The Balaban J connectivity index is 2.37. The molecule has 2 aromatic rings. The van der Waals surface area contributed by atoms with E-state index in [0.717, 1.165) is 11.1 Å². The lowest BCUT2D eigenvalue weighted by Crippen LogP contribution is -2.31. The van der Waals surface area contributed by atoms with Gasteiger partial charge < -0.3 is 20.9 Å². The van der Waals surface area contributed by atoms with Crippen LogP contribution in [0.2, 0.25) is 0 Å². The number of hydrogen-bond acceptors (Lipinski definition) is 5. The molecule has 142 valence electrons. The quantitative estimate of drug-likeness (QED) is 0.454. The summed E-state index contributed by atoms with van der Waals surface area (Å²) in [5, 5.41) is 14.1. The Bertz CT molecular complexity index is 853. The standard InChI is InChI=1S/C19H22N4O4/c1-4-11(2)17(23-18(24)25)16-9-12(7-8-21-16)14-6-5-13(10-15(14)20)22-19(26)27-3/h4-11,17,23H,1,20H2,2-3H3,(H,22,26)(H,24,25)/t11?,17-/m0/s1. The lowest BCUT2D eigenvalue weighted by Gasteiger charge is -2.21. The van der Waals surface area contributed by atoms with Crippen LogP contribution in [0.1, 0.15) is 18.7 Å².